The topological polar surface area (TPSA) is 94.2 Å². The maximum absolute atomic E-state index is 13.0. The number of nitro benzene ring substituents is 1. The van der Waals surface area contributed by atoms with Gasteiger partial charge in [0.05, 0.1) is 36.0 Å². The molecule has 1 aliphatic heterocycles. The number of quaternary nitrogens is 1. The molecule has 8 nitrogen and oxygen atoms in total. The zero-order chi connectivity index (χ0) is 21.0. The Morgan fingerprint density at radius 2 is 1.86 bits per heavy atom. The summed E-state index contributed by atoms with van der Waals surface area (Å²) in [6.45, 7) is 7.12. The van der Waals surface area contributed by atoms with Crippen molar-refractivity contribution in [1.82, 2.24) is 4.31 Å². The van der Waals surface area contributed by atoms with Gasteiger partial charge in [-0.1, -0.05) is 18.2 Å². The second-order valence-corrected chi connectivity index (χ2v) is 9.18. The lowest BCUT2D eigenvalue weighted by molar-refractivity contribution is -0.903. The number of non-ortho nitro benzene ring substituents is 1. The van der Waals surface area contributed by atoms with Gasteiger partial charge in [-0.15, -0.1) is 0 Å². The molecule has 2 aromatic rings. The van der Waals surface area contributed by atoms with Crippen molar-refractivity contribution >= 4 is 15.7 Å². The molecule has 0 atom stereocenters. The highest BCUT2D eigenvalue weighted by molar-refractivity contribution is 7.89. The highest BCUT2D eigenvalue weighted by atomic mass is 32.2. The largest absolute Gasteiger partial charge is 0.488 e. The van der Waals surface area contributed by atoms with E-state index in [-0.39, 0.29) is 10.6 Å². The Hall–Kier alpha value is -2.49. The van der Waals surface area contributed by atoms with Crippen LogP contribution >= 0.6 is 0 Å². The number of nitrogens with one attached hydrogen (secondary N) is 1. The third-order valence-electron chi connectivity index (χ3n) is 5.14. The first-order chi connectivity index (χ1) is 13.8. The van der Waals surface area contributed by atoms with Crippen molar-refractivity contribution in [1.29, 1.82) is 0 Å². The summed E-state index contributed by atoms with van der Waals surface area (Å²) in [5.41, 5.74) is 1.44. The van der Waals surface area contributed by atoms with Crippen molar-refractivity contribution in [2.75, 3.05) is 39.3 Å². The molecular formula is C20H26N3O5S+. The van der Waals surface area contributed by atoms with Crippen LogP contribution in [0.1, 0.15) is 11.1 Å². The fraction of sp³-hybridized carbons (Fsp3) is 0.400. The molecule has 3 rings (SSSR count). The summed E-state index contributed by atoms with van der Waals surface area (Å²) in [4.78, 5) is 11.7. The van der Waals surface area contributed by atoms with Gasteiger partial charge < -0.3 is 9.64 Å². The van der Waals surface area contributed by atoms with Crippen LogP contribution in [0.2, 0.25) is 0 Å². The molecule has 29 heavy (non-hydrogen) atoms. The van der Waals surface area contributed by atoms with E-state index in [0.717, 1.165) is 23.9 Å². The molecule has 9 heteroatoms. The van der Waals surface area contributed by atoms with E-state index in [1.165, 1.54) is 21.3 Å². The normalized spacial score (nSPS) is 15.9. The summed E-state index contributed by atoms with van der Waals surface area (Å²) < 4.78 is 33.2. The Kier molecular flexibility index (Phi) is 6.51. The van der Waals surface area contributed by atoms with Gasteiger partial charge in [0.1, 0.15) is 18.9 Å². The summed E-state index contributed by atoms with van der Waals surface area (Å²) >= 11 is 0. The Bertz CT molecular complexity index is 985. The first-order valence-electron chi connectivity index (χ1n) is 9.55. The molecule has 0 amide bonds. The van der Waals surface area contributed by atoms with Gasteiger partial charge in [-0.3, -0.25) is 10.1 Å². The average molecular weight is 421 g/mol. The molecule has 1 fully saturated rings. The fourth-order valence-electron chi connectivity index (χ4n) is 3.43. The quantitative estimate of drug-likeness (QED) is 0.536. The van der Waals surface area contributed by atoms with Crippen LogP contribution in [0.15, 0.2) is 47.4 Å². The molecule has 156 valence electrons. The van der Waals surface area contributed by atoms with Crippen molar-refractivity contribution < 1.29 is 23.0 Å². The van der Waals surface area contributed by atoms with Gasteiger partial charge >= 0.3 is 0 Å². The van der Waals surface area contributed by atoms with Crippen LogP contribution in [-0.2, 0) is 10.0 Å². The molecule has 2 aromatic carbocycles. The number of piperazine rings is 1. The van der Waals surface area contributed by atoms with Crippen LogP contribution < -0.4 is 9.64 Å². The zero-order valence-electron chi connectivity index (χ0n) is 16.6. The molecule has 0 unspecified atom stereocenters. The highest BCUT2D eigenvalue weighted by Crippen LogP contribution is 2.24. The van der Waals surface area contributed by atoms with Gasteiger partial charge in [-0.25, -0.2) is 8.42 Å². The third-order valence-corrected chi connectivity index (χ3v) is 7.18. The lowest BCUT2D eigenvalue weighted by Gasteiger charge is -2.31. The first-order valence-corrected chi connectivity index (χ1v) is 11.0. The standard InChI is InChI=1S/C20H25N3O5S/c1-16-4-3-5-19(14-16)28-13-12-21-8-10-22(11-9-21)29(26,27)20-15-18(23(24)25)7-6-17(20)2/h3-7,14-15H,8-13H2,1-2H3/p+1. The van der Waals surface area contributed by atoms with Gasteiger partial charge in [-0.2, -0.15) is 4.31 Å². The number of rotatable bonds is 7. The van der Waals surface area contributed by atoms with Crippen molar-refractivity contribution in [3.05, 3.63) is 63.7 Å². The van der Waals surface area contributed by atoms with Gasteiger partial charge in [0, 0.05) is 12.1 Å². The maximum atomic E-state index is 13.0. The maximum Gasteiger partial charge on any atom is 0.270 e. The molecule has 0 radical (unpaired) electrons. The van der Waals surface area contributed by atoms with E-state index in [4.69, 9.17) is 4.74 Å². The Labute approximate surface area is 170 Å². The lowest BCUT2D eigenvalue weighted by Crippen LogP contribution is -3.15. The van der Waals surface area contributed by atoms with E-state index < -0.39 is 14.9 Å². The smallest absolute Gasteiger partial charge is 0.270 e. The number of benzene rings is 2. The van der Waals surface area contributed by atoms with Crippen molar-refractivity contribution in [2.45, 2.75) is 18.7 Å². The Balaban J connectivity index is 1.57. The van der Waals surface area contributed by atoms with Crippen LogP contribution in [0.5, 0.6) is 5.75 Å². The Morgan fingerprint density at radius 3 is 2.52 bits per heavy atom. The molecule has 1 saturated heterocycles. The summed E-state index contributed by atoms with van der Waals surface area (Å²) in [5.74, 6) is 0.840. The van der Waals surface area contributed by atoms with E-state index in [2.05, 4.69) is 0 Å². The zero-order valence-corrected chi connectivity index (χ0v) is 17.4. The van der Waals surface area contributed by atoms with Gasteiger partial charge in [0.25, 0.3) is 5.69 Å². The SMILES string of the molecule is Cc1cccc(OCC[NH+]2CCN(S(=O)(=O)c3cc([N+](=O)[O-])ccc3C)CC2)c1. The van der Waals surface area contributed by atoms with Gasteiger partial charge in [-0.05, 0) is 37.1 Å². The average Bonchev–Trinajstić information content (AvgIpc) is 2.68. The minimum absolute atomic E-state index is 0.0120. The monoisotopic (exact) mass is 420 g/mol. The third kappa shape index (κ3) is 5.11. The van der Waals surface area contributed by atoms with Crippen LogP contribution in [0.4, 0.5) is 5.69 Å². The van der Waals surface area contributed by atoms with E-state index in [9.17, 15) is 18.5 Å². The second-order valence-electron chi connectivity index (χ2n) is 7.28. The number of nitro groups is 1. The van der Waals surface area contributed by atoms with Crippen LogP contribution in [0, 0.1) is 24.0 Å². The summed E-state index contributed by atoms with van der Waals surface area (Å²) in [5, 5.41) is 11.0. The van der Waals surface area contributed by atoms with Crippen LogP contribution in [0.3, 0.4) is 0 Å². The first kappa shape index (κ1) is 21.2. The van der Waals surface area contributed by atoms with E-state index in [1.54, 1.807) is 6.92 Å². The lowest BCUT2D eigenvalue weighted by atomic mass is 10.2. The van der Waals surface area contributed by atoms with Crippen molar-refractivity contribution in [2.24, 2.45) is 0 Å². The second kappa shape index (κ2) is 8.89. The van der Waals surface area contributed by atoms with Crippen LogP contribution in [0.25, 0.3) is 0 Å². The molecule has 0 spiro atoms. The molecule has 0 aromatic heterocycles. The van der Waals surface area contributed by atoms with E-state index in [0.29, 0.717) is 38.3 Å². The van der Waals surface area contributed by atoms with Gasteiger partial charge in [0.15, 0.2) is 0 Å². The number of hydrogen-bond acceptors (Lipinski definition) is 5. The molecule has 0 aliphatic carbocycles. The number of aryl methyl sites for hydroxylation is 2. The summed E-state index contributed by atoms with van der Waals surface area (Å²) in [6, 6.07) is 11.8. The van der Waals surface area contributed by atoms with Crippen LogP contribution in [-0.4, -0.2) is 57.0 Å². The molecule has 1 aliphatic rings. The predicted molar refractivity (Wildman–Crippen MR) is 109 cm³/mol. The van der Waals surface area contributed by atoms with Crippen molar-refractivity contribution in [3.63, 3.8) is 0 Å². The molecule has 1 N–H and O–H groups in total. The Morgan fingerprint density at radius 1 is 1.14 bits per heavy atom. The van der Waals surface area contributed by atoms with E-state index in [1.807, 2.05) is 31.2 Å². The molecular weight excluding hydrogens is 394 g/mol. The van der Waals surface area contributed by atoms with Crippen molar-refractivity contribution in [3.8, 4) is 5.75 Å². The van der Waals surface area contributed by atoms with E-state index >= 15 is 0 Å². The summed E-state index contributed by atoms with van der Waals surface area (Å²) in [6.07, 6.45) is 0. The highest BCUT2D eigenvalue weighted by Gasteiger charge is 2.32. The summed E-state index contributed by atoms with van der Waals surface area (Å²) in [7, 11) is -3.76. The minimum atomic E-state index is -3.76. The molecule has 0 bridgehead atoms. The number of nitrogens with zero attached hydrogens (tertiary/aromatic N) is 2. The number of hydrogen-bond donors (Lipinski definition) is 1. The molecule has 1 heterocycles. The van der Waals surface area contributed by atoms with Gasteiger partial charge in [0.2, 0.25) is 10.0 Å². The predicted octanol–water partition coefficient (Wildman–Crippen LogP) is 1.18. The fourth-order valence-corrected chi connectivity index (χ4v) is 5.12. The number of ether oxygens (including phenoxy) is 1. The number of sulfonamides is 1. The molecule has 0 saturated carbocycles. The minimum Gasteiger partial charge on any atom is -0.488 e.